The lowest BCUT2D eigenvalue weighted by Crippen LogP contribution is -2.61. The number of esters is 2. The number of nitrogens with one attached hydrogen (secondary N) is 1. The first-order valence-electron chi connectivity index (χ1n) is 22.0. The third kappa shape index (κ3) is 29.4. The van der Waals surface area contributed by atoms with Gasteiger partial charge in [-0.25, -0.2) is 4.79 Å². The molecular formula is C44H82N2O6. The van der Waals surface area contributed by atoms with Gasteiger partial charge in [-0.2, -0.15) is 0 Å². The van der Waals surface area contributed by atoms with Gasteiger partial charge in [-0.3, -0.25) is 14.5 Å². The second-order valence-corrected chi connectivity index (χ2v) is 15.6. The van der Waals surface area contributed by atoms with E-state index in [9.17, 15) is 14.4 Å². The number of unbranched alkanes of at least 4 members (excludes halogenated alkanes) is 23. The first-order chi connectivity index (χ1) is 25.3. The smallest absolute Gasteiger partial charge is 0.407 e. The highest BCUT2D eigenvalue weighted by molar-refractivity contribution is 5.70. The van der Waals surface area contributed by atoms with Crippen molar-refractivity contribution >= 4 is 18.0 Å². The van der Waals surface area contributed by atoms with Crippen LogP contribution in [0.5, 0.6) is 0 Å². The van der Waals surface area contributed by atoms with Crippen LogP contribution in [0.25, 0.3) is 0 Å². The molecule has 52 heavy (non-hydrogen) atoms. The Hall–Kier alpha value is -2.09. The fourth-order valence-electron chi connectivity index (χ4n) is 6.65. The molecule has 0 aromatic rings. The number of rotatable bonds is 36. The summed E-state index contributed by atoms with van der Waals surface area (Å²) in [5.74, 6) is -0.639. The quantitative estimate of drug-likeness (QED) is 0.0296. The Morgan fingerprint density at radius 2 is 0.981 bits per heavy atom. The van der Waals surface area contributed by atoms with Crippen molar-refractivity contribution in [3.05, 3.63) is 12.2 Å². The molecule has 1 amide bonds. The van der Waals surface area contributed by atoms with Crippen molar-refractivity contribution in [2.75, 3.05) is 26.3 Å². The Morgan fingerprint density at radius 3 is 1.44 bits per heavy atom. The molecule has 0 radical (unpaired) electrons. The number of carbonyl (C=O) groups excluding carboxylic acids is 3. The fourth-order valence-corrected chi connectivity index (χ4v) is 6.65. The second kappa shape index (κ2) is 34.7. The van der Waals surface area contributed by atoms with Gasteiger partial charge >= 0.3 is 18.0 Å². The van der Waals surface area contributed by atoms with Crippen LogP contribution in [-0.4, -0.2) is 67.4 Å². The van der Waals surface area contributed by atoms with Crippen molar-refractivity contribution in [1.29, 1.82) is 0 Å². The maximum absolute atomic E-state index is 12.7. The van der Waals surface area contributed by atoms with Crippen molar-refractivity contribution < 1.29 is 28.6 Å². The molecule has 1 aliphatic heterocycles. The number of nitrogens with zero attached hydrogens (tertiary/aromatic N) is 1. The summed E-state index contributed by atoms with van der Waals surface area (Å²) in [5, 5.41) is 2.87. The normalized spacial score (nSPS) is 14.1. The van der Waals surface area contributed by atoms with Gasteiger partial charge in [0.05, 0.1) is 6.04 Å². The van der Waals surface area contributed by atoms with E-state index in [-0.39, 0.29) is 31.2 Å². The largest absolute Gasteiger partial charge is 0.462 e. The summed E-state index contributed by atoms with van der Waals surface area (Å²) in [5.41, 5.74) is 0. The van der Waals surface area contributed by atoms with Crippen LogP contribution < -0.4 is 5.32 Å². The third-order valence-corrected chi connectivity index (χ3v) is 10.2. The van der Waals surface area contributed by atoms with Gasteiger partial charge in [0.25, 0.3) is 0 Å². The number of allylic oxidation sites excluding steroid dienone is 2. The van der Waals surface area contributed by atoms with Crippen LogP contribution in [0.2, 0.25) is 0 Å². The highest BCUT2D eigenvalue weighted by atomic mass is 16.6. The van der Waals surface area contributed by atoms with E-state index < -0.39 is 12.2 Å². The van der Waals surface area contributed by atoms with E-state index in [2.05, 4.69) is 50.1 Å². The highest BCUT2D eigenvalue weighted by Gasteiger charge is 2.30. The Labute approximate surface area is 320 Å². The highest BCUT2D eigenvalue weighted by Crippen LogP contribution is 2.15. The molecule has 1 rings (SSSR count). The summed E-state index contributed by atoms with van der Waals surface area (Å²) in [6.07, 6.45) is 35.8. The first kappa shape index (κ1) is 47.9. The van der Waals surface area contributed by atoms with E-state index in [0.29, 0.717) is 18.9 Å². The lowest BCUT2D eigenvalue weighted by atomic mass is 10.0. The molecule has 0 spiro atoms. The van der Waals surface area contributed by atoms with E-state index >= 15 is 0 Å². The summed E-state index contributed by atoms with van der Waals surface area (Å²) in [6, 6.07) is 0.490. The van der Waals surface area contributed by atoms with Crippen LogP contribution in [0.15, 0.2) is 12.2 Å². The zero-order valence-electron chi connectivity index (χ0n) is 34.4. The molecule has 8 heteroatoms. The zero-order valence-corrected chi connectivity index (χ0v) is 34.4. The van der Waals surface area contributed by atoms with Crippen LogP contribution in [-0.2, 0) is 23.8 Å². The third-order valence-electron chi connectivity index (χ3n) is 10.2. The van der Waals surface area contributed by atoms with Crippen LogP contribution in [0.3, 0.4) is 0 Å². The van der Waals surface area contributed by atoms with E-state index in [1.165, 1.54) is 116 Å². The zero-order chi connectivity index (χ0) is 37.9. The van der Waals surface area contributed by atoms with Crippen LogP contribution in [0.1, 0.15) is 207 Å². The number of ether oxygens (including phenoxy) is 3. The van der Waals surface area contributed by atoms with Crippen LogP contribution in [0, 0.1) is 0 Å². The molecule has 0 aliphatic carbocycles. The molecule has 1 saturated heterocycles. The Kier molecular flexibility index (Phi) is 32.0. The Balaban J connectivity index is 2.25. The predicted octanol–water partition coefficient (Wildman–Crippen LogP) is 11.8. The summed E-state index contributed by atoms with van der Waals surface area (Å²) < 4.78 is 16.5. The van der Waals surface area contributed by atoms with Crippen molar-refractivity contribution in [2.45, 2.75) is 226 Å². The van der Waals surface area contributed by atoms with Gasteiger partial charge in [-0.15, -0.1) is 0 Å². The summed E-state index contributed by atoms with van der Waals surface area (Å²) in [4.78, 5) is 39.9. The van der Waals surface area contributed by atoms with Crippen molar-refractivity contribution in [1.82, 2.24) is 10.2 Å². The van der Waals surface area contributed by atoms with E-state index in [0.717, 1.165) is 64.5 Å². The Morgan fingerprint density at radius 1 is 0.577 bits per heavy atom. The molecule has 0 aromatic heterocycles. The topological polar surface area (TPSA) is 94.2 Å². The molecule has 0 bridgehead atoms. The molecule has 1 N–H and O–H groups in total. The van der Waals surface area contributed by atoms with Crippen LogP contribution in [0.4, 0.5) is 4.79 Å². The van der Waals surface area contributed by atoms with Gasteiger partial charge in [0.15, 0.2) is 6.10 Å². The summed E-state index contributed by atoms with van der Waals surface area (Å²) in [6.45, 7) is 10.1. The minimum atomic E-state index is -0.814. The Bertz CT molecular complexity index is 888. The van der Waals surface area contributed by atoms with Crippen molar-refractivity contribution in [3.8, 4) is 0 Å². The molecule has 8 nitrogen and oxygen atoms in total. The number of alkyl carbamates (subject to hydrolysis) is 1. The fraction of sp³-hybridized carbons (Fsp3) is 0.886. The maximum Gasteiger partial charge on any atom is 0.407 e. The molecular weight excluding hydrogens is 652 g/mol. The average molecular weight is 735 g/mol. The first-order valence-corrected chi connectivity index (χ1v) is 22.0. The van der Waals surface area contributed by atoms with E-state index in [1.807, 2.05) is 0 Å². The minimum absolute atomic E-state index is 0.0511. The number of likely N-dealkylation sites (tertiary alicyclic amines) is 1. The number of hydrogen-bond acceptors (Lipinski definition) is 7. The molecule has 0 saturated carbocycles. The van der Waals surface area contributed by atoms with Crippen molar-refractivity contribution in [3.63, 3.8) is 0 Å². The molecule has 1 fully saturated rings. The number of amides is 1. The molecule has 304 valence electrons. The molecule has 1 unspecified atom stereocenters. The lowest BCUT2D eigenvalue weighted by Gasteiger charge is -2.41. The van der Waals surface area contributed by atoms with Gasteiger partial charge in [0.2, 0.25) is 0 Å². The maximum atomic E-state index is 12.7. The van der Waals surface area contributed by atoms with Gasteiger partial charge in [-0.1, -0.05) is 154 Å². The second-order valence-electron chi connectivity index (χ2n) is 15.6. The molecule has 1 aliphatic rings. The van der Waals surface area contributed by atoms with Gasteiger partial charge in [0, 0.05) is 32.0 Å². The standard InChI is InChI=1S/C44H82N2O6/c1-5-7-9-11-13-15-17-19-20-22-24-26-28-30-32-34-43(48)52-41(38-51-44(49)45-40-35-46(36-40)39(3)4)37-50-42(47)33-31-29-27-25-23-21-18-16-14-12-10-8-6-2/h19-20,39-41H,5-18,21-38H2,1-4H3,(H,45,49)/b20-19-. The molecule has 0 aromatic carbocycles. The minimum Gasteiger partial charge on any atom is -0.462 e. The average Bonchev–Trinajstić information content (AvgIpc) is 3.10. The molecule has 1 heterocycles. The number of hydrogen-bond donors (Lipinski definition) is 1. The SMILES string of the molecule is CCCCCCCC/C=C\CCCCCCCC(=O)OC(COC(=O)CCCCCCCCCCCCCCC)COC(=O)NC1CN(C(C)C)C1. The van der Waals surface area contributed by atoms with Crippen molar-refractivity contribution in [2.24, 2.45) is 0 Å². The number of carbonyl (C=O) groups is 3. The van der Waals surface area contributed by atoms with Gasteiger partial charge in [0.1, 0.15) is 13.2 Å². The monoisotopic (exact) mass is 735 g/mol. The summed E-state index contributed by atoms with van der Waals surface area (Å²) >= 11 is 0. The van der Waals surface area contributed by atoms with E-state index in [4.69, 9.17) is 14.2 Å². The molecule has 1 atom stereocenters. The predicted molar refractivity (Wildman–Crippen MR) is 216 cm³/mol. The van der Waals surface area contributed by atoms with Gasteiger partial charge in [-0.05, 0) is 52.4 Å². The van der Waals surface area contributed by atoms with Crippen LogP contribution >= 0.6 is 0 Å². The van der Waals surface area contributed by atoms with Gasteiger partial charge < -0.3 is 19.5 Å². The van der Waals surface area contributed by atoms with E-state index in [1.54, 1.807) is 0 Å². The summed E-state index contributed by atoms with van der Waals surface area (Å²) in [7, 11) is 0. The lowest BCUT2D eigenvalue weighted by molar-refractivity contribution is -0.161.